The Morgan fingerprint density at radius 1 is 1.06 bits per heavy atom. The Bertz CT molecular complexity index is 1100. The molecule has 34 heavy (non-hydrogen) atoms. The van der Waals surface area contributed by atoms with Crippen molar-refractivity contribution < 1.29 is 14.3 Å². The number of halogens is 1. The summed E-state index contributed by atoms with van der Waals surface area (Å²) in [7, 11) is 1.67. The maximum Gasteiger partial charge on any atom is 0.257 e. The van der Waals surface area contributed by atoms with E-state index in [0.29, 0.717) is 25.3 Å². The van der Waals surface area contributed by atoms with Crippen LogP contribution >= 0.6 is 11.6 Å². The lowest BCUT2D eigenvalue weighted by molar-refractivity contribution is 0.00333. The number of carbonyl (C=O) groups is 1. The minimum absolute atomic E-state index is 0.0716. The number of piperazine rings is 1. The van der Waals surface area contributed by atoms with Crippen molar-refractivity contribution in [3.63, 3.8) is 0 Å². The van der Waals surface area contributed by atoms with Crippen LogP contribution in [-0.4, -0.2) is 60.5 Å². The zero-order valence-corrected chi connectivity index (χ0v) is 20.4. The van der Waals surface area contributed by atoms with Crippen LogP contribution in [0.3, 0.4) is 0 Å². The number of carbonyl (C=O) groups excluding carboxylic acids is 1. The van der Waals surface area contributed by atoms with E-state index in [9.17, 15) is 4.79 Å². The minimum Gasteiger partial charge on any atom is -0.497 e. The minimum atomic E-state index is -0.119. The number of amides is 1. The van der Waals surface area contributed by atoms with Crippen LogP contribution in [0.2, 0.25) is 5.15 Å². The van der Waals surface area contributed by atoms with Crippen molar-refractivity contribution in [3.05, 3.63) is 94.3 Å². The van der Waals surface area contributed by atoms with Crippen molar-refractivity contribution >= 4 is 17.5 Å². The van der Waals surface area contributed by atoms with Gasteiger partial charge in [-0.15, -0.1) is 0 Å². The molecule has 6 nitrogen and oxygen atoms in total. The first-order chi connectivity index (χ1) is 16.5. The number of aryl methyl sites for hydroxylation is 1. The van der Waals surface area contributed by atoms with Crippen molar-refractivity contribution in [2.45, 2.75) is 19.6 Å². The zero-order valence-electron chi connectivity index (χ0n) is 19.6. The monoisotopic (exact) mass is 479 g/mol. The maximum absolute atomic E-state index is 12.9. The molecule has 0 unspecified atom stereocenters. The van der Waals surface area contributed by atoms with Crippen LogP contribution in [0.15, 0.2) is 66.9 Å². The fraction of sp³-hybridized carbons (Fsp3) is 0.333. The van der Waals surface area contributed by atoms with Gasteiger partial charge in [-0.1, -0.05) is 53.6 Å². The van der Waals surface area contributed by atoms with E-state index in [2.05, 4.69) is 47.1 Å². The summed E-state index contributed by atoms with van der Waals surface area (Å²) in [4.78, 5) is 21.1. The first kappa shape index (κ1) is 24.2. The van der Waals surface area contributed by atoms with Crippen molar-refractivity contribution in [1.29, 1.82) is 0 Å². The van der Waals surface area contributed by atoms with Gasteiger partial charge in [0.1, 0.15) is 10.9 Å². The van der Waals surface area contributed by atoms with E-state index >= 15 is 0 Å². The lowest BCUT2D eigenvalue weighted by atomic mass is 10.1. The van der Waals surface area contributed by atoms with Crippen LogP contribution < -0.4 is 4.74 Å². The average molecular weight is 480 g/mol. The van der Waals surface area contributed by atoms with Crippen LogP contribution in [0.4, 0.5) is 0 Å². The second-order valence-corrected chi connectivity index (χ2v) is 8.85. The second-order valence-electron chi connectivity index (χ2n) is 8.50. The van der Waals surface area contributed by atoms with Gasteiger partial charge in [0.05, 0.1) is 25.4 Å². The highest BCUT2D eigenvalue weighted by molar-refractivity contribution is 6.32. The third kappa shape index (κ3) is 6.14. The van der Waals surface area contributed by atoms with Gasteiger partial charge in [-0.2, -0.15) is 0 Å². The number of hydrogen-bond donors (Lipinski definition) is 0. The molecule has 1 aliphatic heterocycles. The number of methoxy groups -OCH3 is 1. The first-order valence-electron chi connectivity index (χ1n) is 11.5. The molecule has 0 bridgehead atoms. The summed E-state index contributed by atoms with van der Waals surface area (Å²) in [5, 5.41) is 0.248. The summed E-state index contributed by atoms with van der Waals surface area (Å²) in [6, 6.07) is 19.9. The first-order valence-corrected chi connectivity index (χ1v) is 11.8. The molecule has 1 aromatic heterocycles. The van der Waals surface area contributed by atoms with Crippen LogP contribution in [0.25, 0.3) is 0 Å². The Hall–Kier alpha value is -2.93. The number of aromatic nitrogens is 1. The van der Waals surface area contributed by atoms with Gasteiger partial charge in [-0.3, -0.25) is 9.69 Å². The highest BCUT2D eigenvalue weighted by atomic mass is 35.5. The second kappa shape index (κ2) is 11.5. The molecular weight excluding hydrogens is 450 g/mol. The van der Waals surface area contributed by atoms with E-state index in [1.807, 2.05) is 23.1 Å². The summed E-state index contributed by atoms with van der Waals surface area (Å²) in [5.41, 5.74) is 3.90. The standard InChI is InChI=1S/C27H30ClN3O3/c1-20-8-10-21(11-9-20)19-34-25(22-5-3-6-23(17-22)33-2)18-30-13-15-31(16-14-30)27(32)24-7-4-12-29-26(24)28/h3-12,17,25H,13-16,18-19H2,1-2H3/t25-/m0/s1. The van der Waals surface area contributed by atoms with Gasteiger partial charge in [0.15, 0.2) is 0 Å². The largest absolute Gasteiger partial charge is 0.497 e. The number of ether oxygens (including phenoxy) is 2. The molecule has 0 spiro atoms. The molecule has 1 fully saturated rings. The third-order valence-electron chi connectivity index (χ3n) is 6.11. The quantitative estimate of drug-likeness (QED) is 0.436. The fourth-order valence-electron chi connectivity index (χ4n) is 4.06. The van der Waals surface area contributed by atoms with Crippen LogP contribution in [0.5, 0.6) is 5.75 Å². The predicted octanol–water partition coefficient (Wildman–Crippen LogP) is 4.77. The van der Waals surface area contributed by atoms with Crippen LogP contribution in [-0.2, 0) is 11.3 Å². The average Bonchev–Trinajstić information content (AvgIpc) is 2.88. The molecule has 1 saturated heterocycles. The number of pyridine rings is 1. The lowest BCUT2D eigenvalue weighted by Gasteiger charge is -2.36. The van der Waals surface area contributed by atoms with Crippen LogP contribution in [0, 0.1) is 6.92 Å². The molecule has 0 radical (unpaired) electrons. The molecule has 2 aromatic carbocycles. The SMILES string of the molecule is COc1cccc([C@H](CN2CCN(C(=O)c3cccnc3Cl)CC2)OCc2ccc(C)cc2)c1. The molecule has 3 aromatic rings. The van der Waals surface area contributed by atoms with Gasteiger partial charge in [0.25, 0.3) is 5.91 Å². The molecule has 0 aliphatic carbocycles. The zero-order chi connectivity index (χ0) is 23.9. The Kier molecular flexibility index (Phi) is 8.16. The molecule has 2 heterocycles. The van der Waals surface area contributed by atoms with E-state index in [-0.39, 0.29) is 17.2 Å². The molecule has 1 aliphatic rings. The Morgan fingerprint density at radius 2 is 1.82 bits per heavy atom. The van der Waals surface area contributed by atoms with E-state index in [4.69, 9.17) is 21.1 Å². The number of benzene rings is 2. The van der Waals surface area contributed by atoms with Gasteiger partial charge in [0, 0.05) is 38.9 Å². The highest BCUT2D eigenvalue weighted by Crippen LogP contribution is 2.25. The topological polar surface area (TPSA) is 54.9 Å². The predicted molar refractivity (Wildman–Crippen MR) is 133 cm³/mol. The number of hydrogen-bond acceptors (Lipinski definition) is 5. The molecule has 178 valence electrons. The molecular formula is C27H30ClN3O3. The molecule has 4 rings (SSSR count). The summed E-state index contributed by atoms with van der Waals surface area (Å²) in [5.74, 6) is 0.739. The lowest BCUT2D eigenvalue weighted by Crippen LogP contribution is -2.49. The normalized spacial score (nSPS) is 15.2. The van der Waals surface area contributed by atoms with E-state index < -0.39 is 0 Å². The van der Waals surface area contributed by atoms with Crippen molar-refractivity contribution in [2.24, 2.45) is 0 Å². The molecule has 1 atom stereocenters. The van der Waals surface area contributed by atoms with Crippen molar-refractivity contribution in [3.8, 4) is 5.75 Å². The third-order valence-corrected chi connectivity index (χ3v) is 6.41. The molecule has 1 amide bonds. The Balaban J connectivity index is 1.41. The Labute approximate surface area is 206 Å². The molecule has 7 heteroatoms. The fourth-order valence-corrected chi connectivity index (χ4v) is 4.26. The van der Waals surface area contributed by atoms with E-state index in [1.165, 1.54) is 5.56 Å². The summed E-state index contributed by atoms with van der Waals surface area (Å²) in [6.07, 6.45) is 1.47. The van der Waals surface area contributed by atoms with E-state index in [0.717, 1.165) is 36.5 Å². The van der Waals surface area contributed by atoms with Gasteiger partial charge in [-0.25, -0.2) is 4.98 Å². The van der Waals surface area contributed by atoms with Gasteiger partial charge in [0.2, 0.25) is 0 Å². The van der Waals surface area contributed by atoms with Gasteiger partial charge in [-0.05, 0) is 42.3 Å². The maximum atomic E-state index is 12.9. The number of nitrogens with zero attached hydrogens (tertiary/aromatic N) is 3. The molecule has 0 saturated carbocycles. The van der Waals surface area contributed by atoms with Crippen molar-refractivity contribution in [2.75, 3.05) is 39.8 Å². The highest BCUT2D eigenvalue weighted by Gasteiger charge is 2.26. The summed E-state index contributed by atoms with van der Waals surface area (Å²) >= 11 is 6.13. The Morgan fingerprint density at radius 3 is 2.53 bits per heavy atom. The molecule has 0 N–H and O–H groups in total. The summed E-state index contributed by atoms with van der Waals surface area (Å²) in [6.45, 7) is 6.13. The van der Waals surface area contributed by atoms with E-state index in [1.54, 1.807) is 25.4 Å². The van der Waals surface area contributed by atoms with Gasteiger partial charge >= 0.3 is 0 Å². The van der Waals surface area contributed by atoms with Gasteiger partial charge < -0.3 is 14.4 Å². The summed E-state index contributed by atoms with van der Waals surface area (Å²) < 4.78 is 11.8. The van der Waals surface area contributed by atoms with Crippen LogP contribution in [0.1, 0.15) is 33.2 Å². The number of rotatable bonds is 8. The smallest absolute Gasteiger partial charge is 0.257 e. The van der Waals surface area contributed by atoms with Crippen molar-refractivity contribution in [1.82, 2.24) is 14.8 Å².